The molecule has 21 heavy (non-hydrogen) atoms. The molecule has 0 saturated carbocycles. The fraction of sp³-hybridized carbons (Fsp3) is 0. The molecule has 96 valence electrons. The summed E-state index contributed by atoms with van der Waals surface area (Å²) in [5.74, 6) is 0. The van der Waals surface area contributed by atoms with Crippen LogP contribution in [0.5, 0.6) is 0 Å². The third kappa shape index (κ3) is 1.33. The van der Waals surface area contributed by atoms with Gasteiger partial charge >= 0.3 is 0 Å². The fourth-order valence-electron chi connectivity index (χ4n) is 3.36. The summed E-state index contributed by atoms with van der Waals surface area (Å²) in [6, 6.07) is 21.0. The van der Waals surface area contributed by atoms with Crippen LogP contribution in [0.25, 0.3) is 27.5 Å². The molecule has 5 rings (SSSR count). The number of aromatic nitrogens is 1. The zero-order valence-corrected chi connectivity index (χ0v) is 11.3. The normalized spacial score (nSPS) is 12.4. The summed E-state index contributed by atoms with van der Waals surface area (Å²) in [4.78, 5) is 0. The summed E-state index contributed by atoms with van der Waals surface area (Å²) in [6.45, 7) is 0. The highest BCUT2D eigenvalue weighted by Crippen LogP contribution is 2.42. The van der Waals surface area contributed by atoms with Crippen LogP contribution in [-0.2, 0) is 0 Å². The largest absolute Gasteiger partial charge is 0.352 e. The molecule has 0 amide bonds. The standard InChI is InChI=1S/C18H11BN2/c19-11-8-9-17-15(10-11)20-14-6-3-5-13-12-4-1-2-7-16(12)21(17)18(13)14/h1-10,20H. The van der Waals surface area contributed by atoms with Gasteiger partial charge < -0.3 is 9.88 Å². The van der Waals surface area contributed by atoms with Crippen LogP contribution in [0.1, 0.15) is 0 Å². The van der Waals surface area contributed by atoms with Gasteiger partial charge in [0.25, 0.3) is 0 Å². The van der Waals surface area contributed by atoms with Gasteiger partial charge in [-0.3, -0.25) is 0 Å². The van der Waals surface area contributed by atoms with Gasteiger partial charge in [0.15, 0.2) is 0 Å². The Morgan fingerprint density at radius 1 is 0.810 bits per heavy atom. The predicted molar refractivity (Wildman–Crippen MR) is 89.5 cm³/mol. The first-order valence-corrected chi connectivity index (χ1v) is 7.02. The van der Waals surface area contributed by atoms with Crippen molar-refractivity contribution < 1.29 is 0 Å². The van der Waals surface area contributed by atoms with Gasteiger partial charge in [-0.25, -0.2) is 0 Å². The zero-order valence-electron chi connectivity index (χ0n) is 11.3. The fourth-order valence-corrected chi connectivity index (χ4v) is 3.36. The maximum atomic E-state index is 5.94. The lowest BCUT2D eigenvalue weighted by molar-refractivity contribution is 1.16. The Bertz CT molecular complexity index is 1030. The molecule has 0 bridgehead atoms. The molecule has 2 nitrogen and oxygen atoms in total. The number of hydrogen-bond donors (Lipinski definition) is 1. The maximum absolute atomic E-state index is 5.94. The number of para-hydroxylation sites is 2. The van der Waals surface area contributed by atoms with E-state index in [0.29, 0.717) is 0 Å². The second kappa shape index (κ2) is 3.70. The monoisotopic (exact) mass is 266 g/mol. The molecule has 0 aliphatic carbocycles. The van der Waals surface area contributed by atoms with Gasteiger partial charge in [0.2, 0.25) is 0 Å². The number of nitrogens with one attached hydrogen (secondary N) is 1. The van der Waals surface area contributed by atoms with E-state index in [0.717, 1.165) is 22.5 Å². The second-order valence-electron chi connectivity index (χ2n) is 5.46. The molecular formula is C18H11BN2. The van der Waals surface area contributed by atoms with Gasteiger partial charge in [0.05, 0.1) is 28.1 Å². The van der Waals surface area contributed by atoms with E-state index < -0.39 is 0 Å². The lowest BCUT2D eigenvalue weighted by Crippen LogP contribution is -2.11. The number of anilines is 2. The van der Waals surface area contributed by atoms with Crippen LogP contribution < -0.4 is 10.8 Å². The Balaban J connectivity index is 2.07. The third-order valence-electron chi connectivity index (χ3n) is 4.23. The average molecular weight is 266 g/mol. The molecule has 0 fully saturated rings. The lowest BCUT2D eigenvalue weighted by Gasteiger charge is -2.22. The minimum atomic E-state index is 0.772. The summed E-state index contributed by atoms with van der Waals surface area (Å²) in [6.07, 6.45) is 0. The molecule has 3 aromatic carbocycles. The maximum Gasteiger partial charge on any atom is 0.113 e. The van der Waals surface area contributed by atoms with Crippen molar-refractivity contribution in [1.82, 2.24) is 4.57 Å². The van der Waals surface area contributed by atoms with E-state index in [2.05, 4.69) is 58.4 Å². The smallest absolute Gasteiger partial charge is 0.113 e. The molecule has 0 atom stereocenters. The molecule has 2 heterocycles. The molecular weight excluding hydrogens is 255 g/mol. The van der Waals surface area contributed by atoms with Crippen LogP contribution in [0.15, 0.2) is 60.7 Å². The highest BCUT2D eigenvalue weighted by atomic mass is 15.1. The lowest BCUT2D eigenvalue weighted by atomic mass is 9.95. The van der Waals surface area contributed by atoms with E-state index >= 15 is 0 Å². The van der Waals surface area contributed by atoms with Crippen molar-refractivity contribution in [2.45, 2.75) is 0 Å². The Morgan fingerprint density at radius 3 is 2.62 bits per heavy atom. The number of benzene rings is 3. The third-order valence-corrected chi connectivity index (χ3v) is 4.23. The highest BCUT2D eigenvalue weighted by molar-refractivity contribution is 6.33. The Kier molecular flexibility index (Phi) is 1.94. The molecule has 2 radical (unpaired) electrons. The highest BCUT2D eigenvalue weighted by Gasteiger charge is 2.21. The molecule has 1 aliphatic rings. The molecule has 0 unspecified atom stereocenters. The van der Waals surface area contributed by atoms with Crippen molar-refractivity contribution in [3.63, 3.8) is 0 Å². The minimum absolute atomic E-state index is 0.772. The van der Waals surface area contributed by atoms with Crippen molar-refractivity contribution in [3.8, 4) is 5.69 Å². The minimum Gasteiger partial charge on any atom is -0.352 e. The Labute approximate surface area is 123 Å². The van der Waals surface area contributed by atoms with E-state index in [9.17, 15) is 0 Å². The Morgan fingerprint density at radius 2 is 1.67 bits per heavy atom. The van der Waals surface area contributed by atoms with Crippen molar-refractivity contribution >= 4 is 46.5 Å². The van der Waals surface area contributed by atoms with Gasteiger partial charge in [-0.2, -0.15) is 0 Å². The first kappa shape index (κ1) is 11.0. The molecule has 0 spiro atoms. The summed E-state index contributed by atoms with van der Waals surface area (Å²) in [5.41, 5.74) is 6.56. The predicted octanol–water partition coefficient (Wildman–Crippen LogP) is 3.63. The molecule has 3 heteroatoms. The molecule has 1 aromatic heterocycles. The van der Waals surface area contributed by atoms with Crippen molar-refractivity contribution in [3.05, 3.63) is 60.7 Å². The van der Waals surface area contributed by atoms with Crippen LogP contribution in [0.3, 0.4) is 0 Å². The summed E-state index contributed by atoms with van der Waals surface area (Å²) < 4.78 is 2.32. The van der Waals surface area contributed by atoms with Gasteiger partial charge in [-0.05, 0) is 24.3 Å². The number of nitrogens with zero attached hydrogens (tertiary/aromatic N) is 1. The quantitative estimate of drug-likeness (QED) is 0.423. The molecule has 1 aliphatic heterocycles. The molecule has 0 saturated heterocycles. The van der Waals surface area contributed by atoms with Crippen molar-refractivity contribution in [2.75, 3.05) is 5.32 Å². The van der Waals surface area contributed by atoms with Gasteiger partial charge in [0, 0.05) is 10.8 Å². The Hall–Kier alpha value is -2.68. The molecule has 4 aromatic rings. The van der Waals surface area contributed by atoms with Gasteiger partial charge in [-0.1, -0.05) is 41.9 Å². The van der Waals surface area contributed by atoms with Crippen molar-refractivity contribution in [1.29, 1.82) is 0 Å². The number of rotatable bonds is 0. The summed E-state index contributed by atoms with van der Waals surface area (Å²) >= 11 is 0. The van der Waals surface area contributed by atoms with E-state index in [1.54, 1.807) is 0 Å². The van der Waals surface area contributed by atoms with E-state index in [-0.39, 0.29) is 0 Å². The van der Waals surface area contributed by atoms with E-state index in [4.69, 9.17) is 7.85 Å². The van der Waals surface area contributed by atoms with Crippen LogP contribution in [0.2, 0.25) is 0 Å². The van der Waals surface area contributed by atoms with Crippen LogP contribution in [-0.4, -0.2) is 12.4 Å². The van der Waals surface area contributed by atoms with E-state index in [1.165, 1.54) is 21.8 Å². The first-order chi connectivity index (χ1) is 10.3. The topological polar surface area (TPSA) is 17.0 Å². The number of fused-ring (bicyclic) bond motifs is 5. The zero-order chi connectivity index (χ0) is 14.0. The second-order valence-corrected chi connectivity index (χ2v) is 5.46. The van der Waals surface area contributed by atoms with Gasteiger partial charge in [-0.15, -0.1) is 0 Å². The SMILES string of the molecule is [B]c1ccc2c(c1)Nc1cccc3c4ccccc4n-2c13. The van der Waals surface area contributed by atoms with E-state index in [1.807, 2.05) is 12.1 Å². The van der Waals surface area contributed by atoms with Gasteiger partial charge in [0.1, 0.15) is 7.85 Å². The first-order valence-electron chi connectivity index (χ1n) is 7.02. The summed E-state index contributed by atoms with van der Waals surface area (Å²) in [5, 5.41) is 6.06. The molecule has 1 N–H and O–H groups in total. The van der Waals surface area contributed by atoms with Crippen LogP contribution >= 0.6 is 0 Å². The van der Waals surface area contributed by atoms with Crippen molar-refractivity contribution in [2.24, 2.45) is 0 Å². The summed E-state index contributed by atoms with van der Waals surface area (Å²) in [7, 11) is 5.94. The number of hydrogen-bond acceptors (Lipinski definition) is 1. The van der Waals surface area contributed by atoms with Crippen LogP contribution in [0.4, 0.5) is 11.4 Å². The average Bonchev–Trinajstić information content (AvgIpc) is 2.84. The van der Waals surface area contributed by atoms with Crippen LogP contribution in [0, 0.1) is 0 Å².